The molecule has 0 spiro atoms. The lowest BCUT2D eigenvalue weighted by atomic mass is 10.2. The normalized spacial score (nSPS) is 10.8. The molecule has 1 N–H and O–H groups in total. The van der Waals surface area contributed by atoms with Gasteiger partial charge in [0.1, 0.15) is 0 Å². The lowest BCUT2D eigenvalue weighted by Gasteiger charge is -2.07. The molecule has 0 saturated carbocycles. The Morgan fingerprint density at radius 3 is 2.89 bits per heavy atom. The standard InChI is InChI=1S/C14H16BrNS2/c1-2-7-16-10-11-5-6-12(9-13(11)15)18-14-4-3-8-17-14/h3-6,8-9,16H,2,7,10H2,1H3. The zero-order valence-corrected chi connectivity index (χ0v) is 13.5. The van der Waals surface area contributed by atoms with Crippen LogP contribution in [0.15, 0.2) is 49.3 Å². The van der Waals surface area contributed by atoms with Gasteiger partial charge in [-0.1, -0.05) is 46.7 Å². The van der Waals surface area contributed by atoms with Gasteiger partial charge in [0.2, 0.25) is 0 Å². The highest BCUT2D eigenvalue weighted by atomic mass is 79.9. The summed E-state index contributed by atoms with van der Waals surface area (Å²) in [5.41, 5.74) is 1.32. The summed E-state index contributed by atoms with van der Waals surface area (Å²) in [6.07, 6.45) is 1.17. The van der Waals surface area contributed by atoms with Crippen molar-refractivity contribution in [1.29, 1.82) is 0 Å². The summed E-state index contributed by atoms with van der Waals surface area (Å²) in [6, 6.07) is 10.8. The molecular weight excluding hydrogens is 326 g/mol. The van der Waals surface area contributed by atoms with E-state index in [1.165, 1.54) is 25.6 Å². The van der Waals surface area contributed by atoms with E-state index in [4.69, 9.17) is 0 Å². The summed E-state index contributed by atoms with van der Waals surface area (Å²) < 4.78 is 2.52. The van der Waals surface area contributed by atoms with Gasteiger partial charge in [-0.15, -0.1) is 11.3 Å². The zero-order valence-electron chi connectivity index (χ0n) is 10.3. The van der Waals surface area contributed by atoms with Crippen LogP contribution in [0.25, 0.3) is 0 Å². The Labute approximate surface area is 125 Å². The van der Waals surface area contributed by atoms with Crippen molar-refractivity contribution < 1.29 is 0 Å². The third-order valence-electron chi connectivity index (χ3n) is 2.48. The maximum absolute atomic E-state index is 3.65. The van der Waals surface area contributed by atoms with E-state index in [0.29, 0.717) is 0 Å². The second-order valence-corrected chi connectivity index (χ2v) is 7.14. The molecule has 1 aromatic carbocycles. The number of thiophene rings is 1. The minimum absolute atomic E-state index is 0.929. The fourth-order valence-corrected chi connectivity index (χ4v) is 4.03. The van der Waals surface area contributed by atoms with Crippen LogP contribution in [0, 0.1) is 0 Å². The lowest BCUT2D eigenvalue weighted by molar-refractivity contribution is 0.673. The first-order valence-electron chi connectivity index (χ1n) is 6.00. The predicted octanol–water partition coefficient (Wildman–Crippen LogP) is 5.16. The topological polar surface area (TPSA) is 12.0 Å². The lowest BCUT2D eigenvalue weighted by Crippen LogP contribution is -2.14. The predicted molar refractivity (Wildman–Crippen MR) is 84.6 cm³/mol. The SMILES string of the molecule is CCCNCc1ccc(Sc2cccs2)cc1Br. The quantitative estimate of drug-likeness (QED) is 0.728. The van der Waals surface area contributed by atoms with Gasteiger partial charge in [-0.25, -0.2) is 0 Å². The van der Waals surface area contributed by atoms with Crippen LogP contribution in [0.4, 0.5) is 0 Å². The van der Waals surface area contributed by atoms with Gasteiger partial charge in [0.15, 0.2) is 0 Å². The fraction of sp³-hybridized carbons (Fsp3) is 0.286. The van der Waals surface area contributed by atoms with Gasteiger partial charge in [0.05, 0.1) is 4.21 Å². The van der Waals surface area contributed by atoms with Gasteiger partial charge in [-0.3, -0.25) is 0 Å². The molecule has 2 rings (SSSR count). The zero-order chi connectivity index (χ0) is 12.8. The van der Waals surface area contributed by atoms with Gasteiger partial charge < -0.3 is 5.32 Å². The van der Waals surface area contributed by atoms with Crippen LogP contribution in [-0.4, -0.2) is 6.54 Å². The Hall–Kier alpha value is -0.290. The highest BCUT2D eigenvalue weighted by Gasteiger charge is 2.03. The van der Waals surface area contributed by atoms with Crippen molar-refractivity contribution in [1.82, 2.24) is 5.32 Å². The van der Waals surface area contributed by atoms with Crippen LogP contribution in [0.2, 0.25) is 0 Å². The van der Waals surface area contributed by atoms with E-state index in [9.17, 15) is 0 Å². The molecule has 0 aliphatic heterocycles. The van der Waals surface area contributed by atoms with Crippen LogP contribution in [0.5, 0.6) is 0 Å². The maximum Gasteiger partial charge on any atom is 0.0646 e. The van der Waals surface area contributed by atoms with Gasteiger partial charge in [0, 0.05) is 15.9 Å². The Morgan fingerprint density at radius 2 is 2.22 bits per heavy atom. The van der Waals surface area contributed by atoms with E-state index < -0.39 is 0 Å². The van der Waals surface area contributed by atoms with Crippen LogP contribution in [-0.2, 0) is 6.54 Å². The van der Waals surface area contributed by atoms with Crippen molar-refractivity contribution in [3.05, 3.63) is 45.7 Å². The van der Waals surface area contributed by atoms with Gasteiger partial charge in [-0.05, 0) is 42.1 Å². The highest BCUT2D eigenvalue weighted by Crippen LogP contribution is 2.33. The Bertz CT molecular complexity index is 483. The molecule has 96 valence electrons. The number of hydrogen-bond acceptors (Lipinski definition) is 3. The Kier molecular flexibility index (Phi) is 5.76. The first-order valence-corrected chi connectivity index (χ1v) is 8.49. The van der Waals surface area contributed by atoms with Crippen LogP contribution in [0.1, 0.15) is 18.9 Å². The summed E-state index contributed by atoms with van der Waals surface area (Å²) in [4.78, 5) is 1.28. The first kappa shape index (κ1) is 14.1. The van der Waals surface area contributed by atoms with E-state index >= 15 is 0 Å². The third kappa shape index (κ3) is 4.12. The molecule has 0 fully saturated rings. The molecule has 0 amide bonds. The van der Waals surface area contributed by atoms with Crippen molar-refractivity contribution in [3.8, 4) is 0 Å². The monoisotopic (exact) mass is 341 g/mol. The van der Waals surface area contributed by atoms with Crippen LogP contribution < -0.4 is 5.32 Å². The summed E-state index contributed by atoms with van der Waals surface area (Å²) in [7, 11) is 0. The van der Waals surface area contributed by atoms with Crippen molar-refractivity contribution >= 4 is 39.0 Å². The molecule has 18 heavy (non-hydrogen) atoms. The third-order valence-corrected chi connectivity index (χ3v) is 5.25. The molecule has 0 radical (unpaired) electrons. The first-order chi connectivity index (χ1) is 8.79. The smallest absolute Gasteiger partial charge is 0.0646 e. The number of halogens is 1. The average Bonchev–Trinajstić information content (AvgIpc) is 2.85. The number of benzene rings is 1. The molecule has 1 heterocycles. The Balaban J connectivity index is 2.00. The maximum atomic E-state index is 3.65. The molecule has 2 aromatic rings. The van der Waals surface area contributed by atoms with Crippen LogP contribution >= 0.6 is 39.0 Å². The summed E-state index contributed by atoms with van der Waals surface area (Å²) in [6.45, 7) is 4.18. The molecule has 0 bridgehead atoms. The molecule has 0 unspecified atom stereocenters. The number of rotatable bonds is 6. The Morgan fingerprint density at radius 1 is 1.33 bits per heavy atom. The largest absolute Gasteiger partial charge is 0.313 e. The summed E-state index contributed by atoms with van der Waals surface area (Å²) >= 11 is 7.25. The molecule has 0 aliphatic carbocycles. The van der Waals surface area contributed by atoms with Crippen LogP contribution in [0.3, 0.4) is 0 Å². The van der Waals surface area contributed by atoms with Crippen molar-refractivity contribution in [3.63, 3.8) is 0 Å². The molecule has 0 atom stereocenters. The van der Waals surface area contributed by atoms with Gasteiger partial charge in [0.25, 0.3) is 0 Å². The van der Waals surface area contributed by atoms with Crippen molar-refractivity contribution in [2.24, 2.45) is 0 Å². The van der Waals surface area contributed by atoms with E-state index in [1.807, 2.05) is 11.8 Å². The summed E-state index contributed by atoms with van der Waals surface area (Å²) in [5.74, 6) is 0. The molecule has 4 heteroatoms. The summed E-state index contributed by atoms with van der Waals surface area (Å²) in [5, 5.41) is 5.53. The molecular formula is C14H16BrNS2. The average molecular weight is 342 g/mol. The second-order valence-electron chi connectivity index (χ2n) is 3.96. The molecule has 0 aliphatic rings. The minimum Gasteiger partial charge on any atom is -0.313 e. The van der Waals surface area contributed by atoms with E-state index in [1.54, 1.807) is 11.3 Å². The van der Waals surface area contributed by atoms with Gasteiger partial charge in [-0.2, -0.15) is 0 Å². The minimum atomic E-state index is 0.929. The molecule has 1 aromatic heterocycles. The highest BCUT2D eigenvalue weighted by molar-refractivity contribution is 9.10. The molecule has 0 saturated heterocycles. The van der Waals surface area contributed by atoms with E-state index in [0.717, 1.165) is 13.1 Å². The van der Waals surface area contributed by atoms with Crippen molar-refractivity contribution in [2.75, 3.05) is 6.54 Å². The fourth-order valence-electron chi connectivity index (χ4n) is 1.57. The van der Waals surface area contributed by atoms with Crippen molar-refractivity contribution in [2.45, 2.75) is 29.0 Å². The van der Waals surface area contributed by atoms with E-state index in [2.05, 4.69) is 63.9 Å². The molecule has 1 nitrogen and oxygen atoms in total. The number of nitrogens with one attached hydrogen (secondary N) is 1. The second kappa shape index (κ2) is 7.34. The van der Waals surface area contributed by atoms with Gasteiger partial charge >= 0.3 is 0 Å². The van der Waals surface area contributed by atoms with E-state index in [-0.39, 0.29) is 0 Å². The number of hydrogen-bond donors (Lipinski definition) is 1.